The van der Waals surface area contributed by atoms with Crippen molar-refractivity contribution in [2.45, 2.75) is 45.4 Å². The number of aryl methyl sites for hydroxylation is 1. The Morgan fingerprint density at radius 3 is 2.88 bits per heavy atom. The van der Waals surface area contributed by atoms with E-state index in [4.69, 9.17) is 11.6 Å². The van der Waals surface area contributed by atoms with E-state index in [9.17, 15) is 0 Å². The van der Waals surface area contributed by atoms with E-state index in [0.29, 0.717) is 0 Å². The van der Waals surface area contributed by atoms with Gasteiger partial charge in [0.1, 0.15) is 0 Å². The van der Waals surface area contributed by atoms with Gasteiger partial charge in [0.15, 0.2) is 4.96 Å². The normalized spacial score (nSPS) is 14.4. The largest absolute Gasteiger partial charge is 0.297 e. The van der Waals surface area contributed by atoms with E-state index in [1.165, 1.54) is 5.69 Å². The molecule has 1 atom stereocenters. The van der Waals surface area contributed by atoms with Crippen molar-refractivity contribution < 1.29 is 0 Å². The number of halogens is 1. The van der Waals surface area contributed by atoms with Crippen LogP contribution in [0.15, 0.2) is 17.8 Å². The average Bonchev–Trinajstić information content (AvgIpc) is 2.75. The lowest BCUT2D eigenvalue weighted by atomic mass is 9.89. The van der Waals surface area contributed by atoms with Gasteiger partial charge in [-0.2, -0.15) is 0 Å². The minimum Gasteiger partial charge on any atom is -0.297 e. The van der Waals surface area contributed by atoms with Gasteiger partial charge < -0.3 is 0 Å². The number of hydrogen-bond acceptors (Lipinski definition) is 2. The zero-order chi connectivity index (χ0) is 12.5. The highest BCUT2D eigenvalue weighted by Gasteiger charge is 2.21. The molecular weight excluding hydrogens is 252 g/mol. The molecule has 4 heteroatoms. The summed E-state index contributed by atoms with van der Waals surface area (Å²) in [4.78, 5) is 5.65. The topological polar surface area (TPSA) is 17.3 Å². The van der Waals surface area contributed by atoms with Gasteiger partial charge in [-0.1, -0.05) is 20.8 Å². The lowest BCUT2D eigenvalue weighted by Gasteiger charge is -2.24. The Morgan fingerprint density at radius 1 is 1.47 bits per heavy atom. The first-order valence-electron chi connectivity index (χ1n) is 6.02. The van der Waals surface area contributed by atoms with E-state index in [1.54, 1.807) is 11.3 Å². The fourth-order valence-corrected chi connectivity index (χ4v) is 2.67. The SMILES string of the molecule is CC(C)(C)C(Cl)CCCc1cn2ccsc2n1. The van der Waals surface area contributed by atoms with E-state index in [-0.39, 0.29) is 10.8 Å². The van der Waals surface area contributed by atoms with Gasteiger partial charge in [0.2, 0.25) is 0 Å². The van der Waals surface area contributed by atoms with Crippen LogP contribution in [0.1, 0.15) is 39.3 Å². The number of aromatic nitrogens is 2. The molecule has 2 heterocycles. The Hall–Kier alpha value is -0.540. The molecule has 0 amide bonds. The minimum atomic E-state index is 0.191. The third kappa shape index (κ3) is 3.23. The van der Waals surface area contributed by atoms with Crippen molar-refractivity contribution in [3.05, 3.63) is 23.5 Å². The molecule has 0 aliphatic carbocycles. The van der Waals surface area contributed by atoms with Crippen LogP contribution >= 0.6 is 22.9 Å². The van der Waals surface area contributed by atoms with Gasteiger partial charge in [-0.15, -0.1) is 22.9 Å². The van der Waals surface area contributed by atoms with Crippen molar-refractivity contribution in [3.8, 4) is 0 Å². The molecule has 0 aliphatic rings. The number of nitrogens with zero attached hydrogens (tertiary/aromatic N) is 2. The van der Waals surface area contributed by atoms with Gasteiger partial charge in [0.05, 0.1) is 5.69 Å². The number of rotatable bonds is 4. The summed E-state index contributed by atoms with van der Waals surface area (Å²) in [5, 5.41) is 2.30. The maximum Gasteiger partial charge on any atom is 0.193 e. The zero-order valence-corrected chi connectivity index (χ0v) is 12.2. The Kier molecular flexibility index (Phi) is 3.79. The van der Waals surface area contributed by atoms with E-state index in [2.05, 4.69) is 47.9 Å². The standard InChI is InChI=1S/C13H19ClN2S/c1-13(2,3)11(14)6-4-5-10-9-16-7-8-17-12(16)15-10/h7-9,11H,4-6H2,1-3H3. The van der Waals surface area contributed by atoms with Crippen molar-refractivity contribution in [2.75, 3.05) is 0 Å². The summed E-state index contributed by atoms with van der Waals surface area (Å²) in [6.07, 6.45) is 7.35. The monoisotopic (exact) mass is 270 g/mol. The van der Waals surface area contributed by atoms with Crippen LogP contribution in [-0.4, -0.2) is 14.8 Å². The smallest absolute Gasteiger partial charge is 0.193 e. The predicted molar refractivity (Wildman–Crippen MR) is 75.1 cm³/mol. The summed E-state index contributed by atoms with van der Waals surface area (Å²) >= 11 is 8.04. The molecule has 0 fully saturated rings. The molecule has 2 aromatic heterocycles. The highest BCUT2D eigenvalue weighted by Crippen LogP contribution is 2.28. The molecule has 0 radical (unpaired) electrons. The van der Waals surface area contributed by atoms with Crippen molar-refractivity contribution in [1.29, 1.82) is 0 Å². The van der Waals surface area contributed by atoms with E-state index in [0.717, 1.165) is 24.2 Å². The molecule has 2 rings (SSSR count). The Labute approximate surface area is 112 Å². The second-order valence-electron chi connectivity index (χ2n) is 5.55. The van der Waals surface area contributed by atoms with Gasteiger partial charge in [-0.3, -0.25) is 4.40 Å². The molecule has 17 heavy (non-hydrogen) atoms. The molecule has 0 saturated carbocycles. The second kappa shape index (κ2) is 4.99. The van der Waals surface area contributed by atoms with Crippen LogP contribution in [0.5, 0.6) is 0 Å². The van der Waals surface area contributed by atoms with E-state index in [1.807, 2.05) is 0 Å². The van der Waals surface area contributed by atoms with Gasteiger partial charge in [-0.25, -0.2) is 4.98 Å². The summed E-state index contributed by atoms with van der Waals surface area (Å²) in [7, 11) is 0. The highest BCUT2D eigenvalue weighted by molar-refractivity contribution is 7.15. The number of thiazole rings is 1. The van der Waals surface area contributed by atoms with Gasteiger partial charge in [-0.05, 0) is 24.7 Å². The Bertz CT molecular complexity index is 452. The van der Waals surface area contributed by atoms with Crippen molar-refractivity contribution in [2.24, 2.45) is 5.41 Å². The Morgan fingerprint density at radius 2 is 2.24 bits per heavy atom. The van der Waals surface area contributed by atoms with Crippen LogP contribution in [0.3, 0.4) is 0 Å². The highest BCUT2D eigenvalue weighted by atomic mass is 35.5. The van der Waals surface area contributed by atoms with Crippen LogP contribution in [0, 0.1) is 5.41 Å². The third-order valence-corrected chi connectivity index (χ3v) is 4.62. The van der Waals surface area contributed by atoms with Gasteiger partial charge >= 0.3 is 0 Å². The number of hydrogen-bond donors (Lipinski definition) is 0. The lowest BCUT2D eigenvalue weighted by Crippen LogP contribution is -2.20. The van der Waals surface area contributed by atoms with Crippen molar-refractivity contribution in [1.82, 2.24) is 9.38 Å². The summed E-state index contributed by atoms with van der Waals surface area (Å²) in [5.41, 5.74) is 1.37. The first kappa shape index (κ1) is 12.9. The number of alkyl halides is 1. The van der Waals surface area contributed by atoms with E-state index < -0.39 is 0 Å². The number of fused-ring (bicyclic) bond motifs is 1. The fourth-order valence-electron chi connectivity index (χ4n) is 1.79. The molecule has 0 bridgehead atoms. The van der Waals surface area contributed by atoms with Crippen LogP contribution in [0.25, 0.3) is 4.96 Å². The number of imidazole rings is 1. The zero-order valence-electron chi connectivity index (χ0n) is 10.6. The molecule has 0 saturated heterocycles. The summed E-state index contributed by atoms with van der Waals surface area (Å²) in [6, 6.07) is 0. The molecule has 0 spiro atoms. The van der Waals surface area contributed by atoms with Crippen LogP contribution in [0.4, 0.5) is 0 Å². The lowest BCUT2D eigenvalue weighted by molar-refractivity contribution is 0.368. The maximum atomic E-state index is 6.36. The molecule has 0 N–H and O–H groups in total. The first-order valence-corrected chi connectivity index (χ1v) is 7.33. The summed E-state index contributed by atoms with van der Waals surface area (Å²) in [5.74, 6) is 0. The molecular formula is C13H19ClN2S. The molecule has 0 aliphatic heterocycles. The van der Waals surface area contributed by atoms with Gasteiger partial charge in [0.25, 0.3) is 0 Å². The predicted octanol–water partition coefficient (Wildman–Crippen LogP) is 4.37. The van der Waals surface area contributed by atoms with Crippen LogP contribution < -0.4 is 0 Å². The van der Waals surface area contributed by atoms with Crippen molar-refractivity contribution in [3.63, 3.8) is 0 Å². The molecule has 94 valence electrons. The second-order valence-corrected chi connectivity index (χ2v) is 6.95. The minimum absolute atomic E-state index is 0.191. The fraction of sp³-hybridized carbons (Fsp3) is 0.615. The van der Waals surface area contributed by atoms with Gasteiger partial charge in [0, 0.05) is 23.2 Å². The third-order valence-electron chi connectivity index (χ3n) is 2.97. The van der Waals surface area contributed by atoms with Crippen LogP contribution in [0.2, 0.25) is 0 Å². The summed E-state index contributed by atoms with van der Waals surface area (Å²) in [6.45, 7) is 6.58. The first-order chi connectivity index (χ1) is 7.97. The van der Waals surface area contributed by atoms with Crippen LogP contribution in [-0.2, 0) is 6.42 Å². The molecule has 0 aromatic carbocycles. The Balaban J connectivity index is 1.85. The molecule has 2 aromatic rings. The maximum absolute atomic E-state index is 6.36. The quantitative estimate of drug-likeness (QED) is 0.754. The average molecular weight is 271 g/mol. The molecule has 2 nitrogen and oxygen atoms in total. The van der Waals surface area contributed by atoms with E-state index >= 15 is 0 Å². The van der Waals surface area contributed by atoms with Crippen molar-refractivity contribution >= 4 is 27.9 Å². The summed E-state index contributed by atoms with van der Waals surface area (Å²) < 4.78 is 2.09. The molecule has 1 unspecified atom stereocenters.